The monoisotopic (exact) mass is 357 g/mol. The summed E-state index contributed by atoms with van der Waals surface area (Å²) in [5.41, 5.74) is 2.28. The first-order chi connectivity index (χ1) is 12.7. The molecule has 2 fully saturated rings. The van der Waals surface area contributed by atoms with Gasteiger partial charge in [-0.1, -0.05) is 0 Å². The van der Waals surface area contributed by atoms with Crippen LogP contribution < -0.4 is 0 Å². The van der Waals surface area contributed by atoms with Crippen LogP contribution in [0.25, 0.3) is 0 Å². The molecular weight excluding hydrogens is 326 g/mol. The average Bonchev–Trinajstić information content (AvgIpc) is 3.19. The van der Waals surface area contributed by atoms with Crippen LogP contribution in [0.4, 0.5) is 0 Å². The van der Waals surface area contributed by atoms with E-state index in [1.54, 1.807) is 6.92 Å². The molecule has 0 bridgehead atoms. The Morgan fingerprint density at radius 3 is 2.46 bits per heavy atom. The fourth-order valence-electron chi connectivity index (χ4n) is 4.50. The SMILES string of the molecule is CC(=O)N1CCc2nc(C3CCN(CCN4CCCC4)CC3)ncc2C1. The van der Waals surface area contributed by atoms with Gasteiger partial charge in [0.05, 0.1) is 5.69 Å². The number of hydrogen-bond acceptors (Lipinski definition) is 5. The lowest BCUT2D eigenvalue weighted by atomic mass is 9.95. The van der Waals surface area contributed by atoms with Crippen molar-refractivity contribution in [2.45, 2.75) is 51.5 Å². The normalized spacial score (nSPS) is 22.6. The molecule has 1 aromatic rings. The van der Waals surface area contributed by atoms with Crippen molar-refractivity contribution in [3.05, 3.63) is 23.3 Å². The lowest BCUT2D eigenvalue weighted by Crippen LogP contribution is -2.39. The molecule has 6 heteroatoms. The van der Waals surface area contributed by atoms with Crippen LogP contribution in [0.2, 0.25) is 0 Å². The number of likely N-dealkylation sites (tertiary alicyclic amines) is 2. The first-order valence-corrected chi connectivity index (χ1v) is 10.2. The number of nitrogens with zero attached hydrogens (tertiary/aromatic N) is 5. The zero-order valence-corrected chi connectivity index (χ0v) is 16.0. The molecule has 0 spiro atoms. The maximum absolute atomic E-state index is 11.6. The smallest absolute Gasteiger partial charge is 0.219 e. The van der Waals surface area contributed by atoms with E-state index in [0.717, 1.165) is 43.1 Å². The van der Waals surface area contributed by atoms with Crippen LogP contribution in [0.15, 0.2) is 6.20 Å². The summed E-state index contributed by atoms with van der Waals surface area (Å²) < 4.78 is 0. The largest absolute Gasteiger partial charge is 0.338 e. The van der Waals surface area contributed by atoms with Gasteiger partial charge in [0.1, 0.15) is 5.82 Å². The molecule has 142 valence electrons. The van der Waals surface area contributed by atoms with Gasteiger partial charge in [-0.25, -0.2) is 9.97 Å². The number of amides is 1. The van der Waals surface area contributed by atoms with Gasteiger partial charge in [0.2, 0.25) is 5.91 Å². The molecule has 0 unspecified atom stereocenters. The molecular formula is C20H31N5O. The van der Waals surface area contributed by atoms with E-state index in [1.807, 2.05) is 11.1 Å². The molecule has 26 heavy (non-hydrogen) atoms. The van der Waals surface area contributed by atoms with Crippen molar-refractivity contribution in [2.75, 3.05) is 45.8 Å². The van der Waals surface area contributed by atoms with Gasteiger partial charge in [-0.3, -0.25) is 4.79 Å². The van der Waals surface area contributed by atoms with Gasteiger partial charge in [0, 0.05) is 57.2 Å². The average molecular weight is 358 g/mol. The van der Waals surface area contributed by atoms with Crippen molar-refractivity contribution in [1.29, 1.82) is 0 Å². The van der Waals surface area contributed by atoms with E-state index in [4.69, 9.17) is 4.98 Å². The molecule has 6 nitrogen and oxygen atoms in total. The minimum atomic E-state index is 0.140. The third kappa shape index (κ3) is 4.07. The number of fused-ring (bicyclic) bond motifs is 1. The van der Waals surface area contributed by atoms with Crippen LogP contribution in [-0.2, 0) is 17.8 Å². The molecule has 0 aromatic carbocycles. The van der Waals surface area contributed by atoms with Crippen LogP contribution in [0.5, 0.6) is 0 Å². The first-order valence-electron chi connectivity index (χ1n) is 10.2. The highest BCUT2D eigenvalue weighted by atomic mass is 16.2. The first kappa shape index (κ1) is 17.9. The summed E-state index contributed by atoms with van der Waals surface area (Å²) >= 11 is 0. The minimum Gasteiger partial charge on any atom is -0.338 e. The fourth-order valence-corrected chi connectivity index (χ4v) is 4.50. The van der Waals surface area contributed by atoms with E-state index in [-0.39, 0.29) is 5.91 Å². The van der Waals surface area contributed by atoms with Crippen LogP contribution in [0.1, 0.15) is 55.6 Å². The standard InChI is InChI=1S/C20H31N5O/c1-16(26)25-11-6-19-18(15-25)14-21-20(22-19)17-4-9-24(10-5-17)13-12-23-7-2-3-8-23/h14,17H,2-13,15H2,1H3. The number of rotatable bonds is 4. The second-order valence-corrected chi connectivity index (χ2v) is 8.06. The molecule has 4 heterocycles. The minimum absolute atomic E-state index is 0.140. The Morgan fingerprint density at radius 1 is 1.08 bits per heavy atom. The summed E-state index contributed by atoms with van der Waals surface area (Å²) in [6.45, 7) is 10.4. The molecule has 0 atom stereocenters. The number of carbonyl (C=O) groups excluding carboxylic acids is 1. The van der Waals surface area contributed by atoms with Crippen molar-refractivity contribution in [3.8, 4) is 0 Å². The quantitative estimate of drug-likeness (QED) is 0.820. The molecule has 0 radical (unpaired) electrons. The number of aromatic nitrogens is 2. The Bertz CT molecular complexity index is 635. The van der Waals surface area contributed by atoms with Crippen LogP contribution in [0, 0.1) is 0 Å². The van der Waals surface area contributed by atoms with Gasteiger partial charge >= 0.3 is 0 Å². The summed E-state index contributed by atoms with van der Waals surface area (Å²) in [5, 5.41) is 0. The van der Waals surface area contributed by atoms with Gasteiger partial charge in [0.15, 0.2) is 0 Å². The summed E-state index contributed by atoms with van der Waals surface area (Å²) in [6, 6.07) is 0. The lowest BCUT2D eigenvalue weighted by molar-refractivity contribution is -0.129. The Labute approximate surface area is 156 Å². The fraction of sp³-hybridized carbons (Fsp3) is 0.750. The number of piperidine rings is 1. The predicted octanol–water partition coefficient (Wildman–Crippen LogP) is 1.66. The summed E-state index contributed by atoms with van der Waals surface area (Å²) in [4.78, 5) is 28.2. The molecule has 0 saturated carbocycles. The second-order valence-electron chi connectivity index (χ2n) is 8.06. The molecule has 1 amide bonds. The predicted molar refractivity (Wildman–Crippen MR) is 101 cm³/mol. The van der Waals surface area contributed by atoms with Crippen LogP contribution in [-0.4, -0.2) is 76.4 Å². The van der Waals surface area contributed by atoms with Gasteiger partial charge < -0.3 is 14.7 Å². The molecule has 4 rings (SSSR count). The van der Waals surface area contributed by atoms with Gasteiger partial charge in [0.25, 0.3) is 0 Å². The molecule has 1 aromatic heterocycles. The zero-order valence-electron chi connectivity index (χ0n) is 16.0. The lowest BCUT2D eigenvalue weighted by Gasteiger charge is -2.33. The zero-order chi connectivity index (χ0) is 17.9. The van der Waals surface area contributed by atoms with E-state index >= 15 is 0 Å². The Morgan fingerprint density at radius 2 is 1.77 bits per heavy atom. The molecule has 0 N–H and O–H groups in total. The Balaban J connectivity index is 1.30. The van der Waals surface area contributed by atoms with Gasteiger partial charge in [-0.15, -0.1) is 0 Å². The Kier molecular flexibility index (Phi) is 5.50. The molecule has 2 saturated heterocycles. The van der Waals surface area contributed by atoms with Crippen molar-refractivity contribution >= 4 is 5.91 Å². The highest BCUT2D eigenvalue weighted by Crippen LogP contribution is 2.27. The van der Waals surface area contributed by atoms with E-state index in [1.165, 1.54) is 51.9 Å². The highest BCUT2D eigenvalue weighted by Gasteiger charge is 2.26. The third-order valence-corrected chi connectivity index (χ3v) is 6.28. The van der Waals surface area contributed by atoms with E-state index < -0.39 is 0 Å². The second kappa shape index (κ2) is 8.01. The van der Waals surface area contributed by atoms with Gasteiger partial charge in [-0.05, 0) is 51.9 Å². The maximum atomic E-state index is 11.6. The number of hydrogen-bond donors (Lipinski definition) is 0. The van der Waals surface area contributed by atoms with E-state index in [9.17, 15) is 4.79 Å². The Hall–Kier alpha value is -1.53. The van der Waals surface area contributed by atoms with Crippen molar-refractivity contribution in [2.24, 2.45) is 0 Å². The summed E-state index contributed by atoms with van der Waals surface area (Å²) in [6.07, 6.45) is 7.91. The molecule has 0 aliphatic carbocycles. The van der Waals surface area contributed by atoms with Crippen molar-refractivity contribution in [1.82, 2.24) is 24.7 Å². The van der Waals surface area contributed by atoms with Crippen LogP contribution in [0.3, 0.4) is 0 Å². The van der Waals surface area contributed by atoms with E-state index in [0.29, 0.717) is 12.5 Å². The topological polar surface area (TPSA) is 52.6 Å². The highest BCUT2D eigenvalue weighted by molar-refractivity contribution is 5.73. The summed E-state index contributed by atoms with van der Waals surface area (Å²) in [5.74, 6) is 1.66. The van der Waals surface area contributed by atoms with Gasteiger partial charge in [-0.2, -0.15) is 0 Å². The van der Waals surface area contributed by atoms with Crippen molar-refractivity contribution in [3.63, 3.8) is 0 Å². The maximum Gasteiger partial charge on any atom is 0.219 e. The summed E-state index contributed by atoms with van der Waals surface area (Å²) in [7, 11) is 0. The van der Waals surface area contributed by atoms with E-state index in [2.05, 4.69) is 14.8 Å². The number of carbonyl (C=O) groups is 1. The molecule has 3 aliphatic rings. The molecule has 3 aliphatic heterocycles. The van der Waals surface area contributed by atoms with Crippen molar-refractivity contribution < 1.29 is 4.79 Å². The third-order valence-electron chi connectivity index (χ3n) is 6.28. The van der Waals surface area contributed by atoms with Crippen LogP contribution >= 0.6 is 0 Å².